The highest BCUT2D eigenvalue weighted by molar-refractivity contribution is 6.01. The molecule has 0 unspecified atom stereocenters. The predicted octanol–water partition coefficient (Wildman–Crippen LogP) is 6.82. The zero-order valence-corrected chi connectivity index (χ0v) is 36.4. The number of hydrogen-bond acceptors (Lipinski definition) is 11. The Labute approximate surface area is 364 Å². The summed E-state index contributed by atoms with van der Waals surface area (Å²) in [6.45, 7) is 6.73. The number of imidazole rings is 1. The first-order valence-corrected chi connectivity index (χ1v) is 21.5. The molecule has 0 radical (unpaired) electrons. The number of carbonyl (C=O) groups excluding carboxylic acids is 4. The number of carbonyl (C=O) groups is 4. The Kier molecular flexibility index (Phi) is 12.3. The summed E-state index contributed by atoms with van der Waals surface area (Å²) in [7, 11) is 4.03. The second-order valence-electron chi connectivity index (χ2n) is 16.6. The van der Waals surface area contributed by atoms with Crippen LogP contribution in [0.4, 0.5) is 15.3 Å². The van der Waals surface area contributed by atoms with Crippen LogP contribution in [0.15, 0.2) is 75.0 Å². The van der Waals surface area contributed by atoms with Gasteiger partial charge in [0, 0.05) is 37.9 Å². The van der Waals surface area contributed by atoms with E-state index in [2.05, 4.69) is 26.7 Å². The standard InChI is InChI=1S/C47H53N7O9/c1-7-25(2)40(51-46(58)61-5)44(56)54-19-9-11-37(54)43-48-24-35(50-43)29-14-17-38-32(21-29)42(55)31-15-12-28(23-39(31)63-38)27-13-16-33-30(20-27)22-34(49-33)36-10-8-18-53(36)45(57)41(26(3)60-4)52-47(59)62-6/h12-17,20-21,23-26,36-37,40-41H,7-11,18-19,22H2,1-6H3,(H,48,50)(H,51,58)(H,52,59)/t25-,26+,36-,37-,40-,41-/m0/s1. The van der Waals surface area contributed by atoms with Crippen molar-refractivity contribution in [3.05, 3.63) is 82.4 Å². The van der Waals surface area contributed by atoms with E-state index < -0.39 is 30.4 Å². The third-order valence-corrected chi connectivity index (χ3v) is 12.9. The van der Waals surface area contributed by atoms with Crippen LogP contribution in [0.2, 0.25) is 0 Å². The summed E-state index contributed by atoms with van der Waals surface area (Å²) in [4.78, 5) is 82.4. The fraction of sp³-hybridized carbons (Fsp3) is 0.426. The van der Waals surface area contributed by atoms with Crippen LogP contribution in [-0.2, 0) is 30.2 Å². The fourth-order valence-electron chi connectivity index (χ4n) is 9.07. The van der Waals surface area contributed by atoms with Gasteiger partial charge in [-0.05, 0) is 97.7 Å². The van der Waals surface area contributed by atoms with Crippen molar-refractivity contribution >= 4 is 57.3 Å². The molecule has 0 saturated carbocycles. The van der Waals surface area contributed by atoms with Gasteiger partial charge in [-0.25, -0.2) is 14.6 Å². The van der Waals surface area contributed by atoms with E-state index in [-0.39, 0.29) is 35.2 Å². The molecule has 8 rings (SSSR count). The third kappa shape index (κ3) is 8.39. The number of aliphatic imine (C=N–C) groups is 1. The summed E-state index contributed by atoms with van der Waals surface area (Å²) in [6, 6.07) is 15.0. The Balaban J connectivity index is 0.991. The maximum Gasteiger partial charge on any atom is 0.407 e. The van der Waals surface area contributed by atoms with Crippen molar-refractivity contribution in [1.82, 2.24) is 30.4 Å². The molecule has 5 heterocycles. The number of H-pyrrole nitrogens is 1. The predicted molar refractivity (Wildman–Crippen MR) is 237 cm³/mol. The number of aromatic amines is 1. The lowest BCUT2D eigenvalue weighted by Crippen LogP contribution is -2.56. The monoisotopic (exact) mass is 859 g/mol. The molecule has 2 saturated heterocycles. The number of rotatable bonds is 12. The normalized spacial score (nSPS) is 19.0. The molecule has 3 aromatic carbocycles. The van der Waals surface area contributed by atoms with Crippen molar-refractivity contribution in [2.24, 2.45) is 10.9 Å². The van der Waals surface area contributed by atoms with E-state index in [4.69, 9.17) is 23.6 Å². The second kappa shape index (κ2) is 18.0. The van der Waals surface area contributed by atoms with E-state index in [1.165, 1.54) is 21.3 Å². The second-order valence-corrected chi connectivity index (χ2v) is 16.6. The zero-order valence-electron chi connectivity index (χ0n) is 36.4. The fourth-order valence-corrected chi connectivity index (χ4v) is 9.07. The van der Waals surface area contributed by atoms with Crippen molar-refractivity contribution in [3.8, 4) is 22.4 Å². The number of amides is 4. The van der Waals surface area contributed by atoms with E-state index in [0.717, 1.165) is 59.3 Å². The summed E-state index contributed by atoms with van der Waals surface area (Å²) in [5.74, 6) is 0.127. The van der Waals surface area contributed by atoms with Gasteiger partial charge >= 0.3 is 12.2 Å². The van der Waals surface area contributed by atoms with Gasteiger partial charge in [-0.2, -0.15) is 0 Å². The molecule has 330 valence electrons. The minimum Gasteiger partial charge on any atom is -0.456 e. The molecule has 0 bridgehead atoms. The van der Waals surface area contributed by atoms with Crippen LogP contribution in [0.5, 0.6) is 0 Å². The first-order chi connectivity index (χ1) is 30.4. The highest BCUT2D eigenvalue weighted by Crippen LogP contribution is 2.37. The molecule has 2 fully saturated rings. The van der Waals surface area contributed by atoms with E-state index in [1.54, 1.807) is 41.1 Å². The zero-order chi connectivity index (χ0) is 44.5. The molecule has 3 N–H and O–H groups in total. The molecule has 16 heteroatoms. The Morgan fingerprint density at radius 3 is 2.17 bits per heavy atom. The molecule has 0 spiro atoms. The molecule has 0 aliphatic carbocycles. The molecular formula is C47H53N7O9. The first-order valence-electron chi connectivity index (χ1n) is 21.5. The number of alkyl carbamates (subject to hydrolysis) is 2. The minimum atomic E-state index is -0.905. The summed E-state index contributed by atoms with van der Waals surface area (Å²) >= 11 is 0. The van der Waals surface area contributed by atoms with Crippen molar-refractivity contribution < 1.29 is 37.8 Å². The summed E-state index contributed by atoms with van der Waals surface area (Å²) in [5.41, 5.74) is 6.78. The van der Waals surface area contributed by atoms with Crippen molar-refractivity contribution in [2.75, 3.05) is 34.4 Å². The van der Waals surface area contributed by atoms with Gasteiger partial charge in [0.25, 0.3) is 0 Å². The van der Waals surface area contributed by atoms with E-state index in [9.17, 15) is 24.0 Å². The lowest BCUT2D eigenvalue weighted by atomic mass is 9.97. The van der Waals surface area contributed by atoms with E-state index in [0.29, 0.717) is 59.4 Å². The lowest BCUT2D eigenvalue weighted by molar-refractivity contribution is -0.136. The Morgan fingerprint density at radius 1 is 0.810 bits per heavy atom. The van der Waals surface area contributed by atoms with E-state index >= 15 is 0 Å². The van der Waals surface area contributed by atoms with Gasteiger partial charge in [0.2, 0.25) is 17.2 Å². The number of nitrogens with one attached hydrogen (secondary N) is 3. The maximum atomic E-state index is 14.0. The third-order valence-electron chi connectivity index (χ3n) is 12.9. The number of aromatic nitrogens is 2. The highest BCUT2D eigenvalue weighted by Gasteiger charge is 2.41. The van der Waals surface area contributed by atoms with Crippen LogP contribution in [-0.4, -0.2) is 108 Å². The van der Waals surface area contributed by atoms with Crippen LogP contribution in [0.1, 0.15) is 70.3 Å². The van der Waals surface area contributed by atoms with E-state index in [1.807, 2.05) is 44.2 Å². The Hall–Kier alpha value is -6.55. The van der Waals surface area contributed by atoms with Gasteiger partial charge in [0.05, 0.1) is 60.8 Å². The number of likely N-dealkylation sites (tertiary alicyclic amines) is 2. The molecule has 2 aromatic heterocycles. The molecule has 63 heavy (non-hydrogen) atoms. The molecular weight excluding hydrogens is 807 g/mol. The Morgan fingerprint density at radius 2 is 1.46 bits per heavy atom. The van der Waals surface area contributed by atoms with Gasteiger partial charge in [-0.3, -0.25) is 19.4 Å². The maximum absolute atomic E-state index is 14.0. The van der Waals surface area contributed by atoms with Crippen molar-refractivity contribution in [1.29, 1.82) is 0 Å². The number of fused-ring (bicyclic) bond motifs is 3. The first kappa shape index (κ1) is 43.1. The van der Waals surface area contributed by atoms with Crippen molar-refractivity contribution in [3.63, 3.8) is 0 Å². The number of hydrogen-bond donors (Lipinski definition) is 3. The SMILES string of the molecule is CC[C@H](C)[C@H](NC(=O)OC)C(=O)N1CCC[C@H]1c1ncc(-c2ccc3oc4cc(-c5ccc6c(c5)CC([C@@H]5CCCN5C(=O)[C@@H](NC(=O)OC)[C@@H](C)OC)=N6)ccc4c(=O)c3c2)[nH]1. The minimum absolute atomic E-state index is 0.0972. The Bertz CT molecular complexity index is 2670. The average Bonchev–Trinajstić information content (AvgIpc) is 4.15. The largest absolute Gasteiger partial charge is 0.456 e. The van der Waals surface area contributed by atoms with Crippen LogP contribution in [0, 0.1) is 5.92 Å². The highest BCUT2D eigenvalue weighted by atomic mass is 16.5. The quantitative estimate of drug-likeness (QED) is 0.112. The average molecular weight is 860 g/mol. The number of benzene rings is 3. The topological polar surface area (TPSA) is 198 Å². The van der Waals surface area contributed by atoms with Gasteiger partial charge in [0.1, 0.15) is 29.1 Å². The molecule has 3 aliphatic rings. The summed E-state index contributed by atoms with van der Waals surface area (Å²) in [5, 5.41) is 6.24. The van der Waals surface area contributed by atoms with Crippen LogP contribution < -0.4 is 16.1 Å². The number of nitrogens with zero attached hydrogens (tertiary/aromatic N) is 4. The summed E-state index contributed by atoms with van der Waals surface area (Å²) < 4.78 is 21.4. The van der Waals surface area contributed by atoms with Gasteiger partial charge < -0.3 is 44.0 Å². The smallest absolute Gasteiger partial charge is 0.407 e. The molecule has 4 amide bonds. The van der Waals surface area contributed by atoms with Gasteiger partial charge in [0.15, 0.2) is 0 Å². The van der Waals surface area contributed by atoms with Crippen LogP contribution >= 0.6 is 0 Å². The summed E-state index contributed by atoms with van der Waals surface area (Å²) in [6.07, 6.45) is 4.16. The molecule has 16 nitrogen and oxygen atoms in total. The molecule has 6 atom stereocenters. The van der Waals surface area contributed by atoms with Crippen LogP contribution in [0.25, 0.3) is 44.3 Å². The number of methoxy groups -OCH3 is 3. The lowest BCUT2D eigenvalue weighted by Gasteiger charge is -2.31. The molecule has 3 aliphatic heterocycles. The molecule has 5 aromatic rings. The van der Waals surface area contributed by atoms with Crippen molar-refractivity contribution in [2.45, 2.75) is 89.6 Å². The van der Waals surface area contributed by atoms with Crippen LogP contribution in [0.3, 0.4) is 0 Å². The van der Waals surface area contributed by atoms with Gasteiger partial charge in [-0.15, -0.1) is 0 Å². The van der Waals surface area contributed by atoms with Gasteiger partial charge in [-0.1, -0.05) is 32.4 Å². The number of ether oxygens (including phenoxy) is 3.